The number of aryl methyl sites for hydroxylation is 2. The van der Waals surface area contributed by atoms with Gasteiger partial charge in [-0.3, -0.25) is 9.78 Å². The van der Waals surface area contributed by atoms with E-state index in [0.717, 1.165) is 16.7 Å². The number of carbonyl (C=O) groups excluding carboxylic acids is 1. The zero-order valence-corrected chi connectivity index (χ0v) is 17.9. The Morgan fingerprint density at radius 1 is 1.14 bits per heavy atom. The van der Waals surface area contributed by atoms with Crippen molar-refractivity contribution in [2.45, 2.75) is 31.7 Å². The van der Waals surface area contributed by atoms with Crippen LogP contribution in [0.25, 0.3) is 0 Å². The van der Waals surface area contributed by atoms with Crippen LogP contribution < -0.4 is 5.32 Å². The van der Waals surface area contributed by atoms with Gasteiger partial charge < -0.3 is 10.2 Å². The summed E-state index contributed by atoms with van der Waals surface area (Å²) >= 11 is 0. The summed E-state index contributed by atoms with van der Waals surface area (Å²) in [5.41, 5.74) is 3.03. The Morgan fingerprint density at radius 2 is 1.86 bits per heavy atom. The molecule has 1 fully saturated rings. The van der Waals surface area contributed by atoms with Crippen molar-refractivity contribution < 1.29 is 13.2 Å². The lowest BCUT2D eigenvalue weighted by molar-refractivity contribution is -0.131. The highest BCUT2D eigenvalue weighted by molar-refractivity contribution is 7.89. The summed E-state index contributed by atoms with van der Waals surface area (Å²) in [6.07, 6.45) is 3.49. The Morgan fingerprint density at radius 3 is 2.48 bits per heavy atom. The number of hydrogen-bond acceptors (Lipinski definition) is 5. The maximum Gasteiger partial charge on any atom is 0.243 e. The molecule has 156 valence electrons. The van der Waals surface area contributed by atoms with E-state index in [2.05, 4.69) is 10.3 Å². The molecule has 2 heterocycles. The molecule has 0 saturated carbocycles. The molecule has 1 aliphatic rings. The van der Waals surface area contributed by atoms with Crippen molar-refractivity contribution in [1.29, 1.82) is 0 Å². The zero-order chi connectivity index (χ0) is 21.0. The Labute approximate surface area is 172 Å². The maximum atomic E-state index is 12.9. The van der Waals surface area contributed by atoms with Crippen LogP contribution in [-0.4, -0.2) is 61.2 Å². The average molecular weight is 417 g/mol. The standard InChI is InChI=1S/C21H28N4O3S/c1-16-6-7-20(13-17(16)2)29(27,28)25-11-9-24(10-12-25)21(26)15-23-18(3)19-5-4-8-22-14-19/h4-8,13-14,18,23H,9-12,15H2,1-3H3. The van der Waals surface area contributed by atoms with E-state index in [-0.39, 0.29) is 18.5 Å². The van der Waals surface area contributed by atoms with Crippen molar-refractivity contribution in [2.75, 3.05) is 32.7 Å². The van der Waals surface area contributed by atoms with Crippen molar-refractivity contribution in [3.8, 4) is 0 Å². The number of piperazine rings is 1. The summed E-state index contributed by atoms with van der Waals surface area (Å²) in [5, 5.41) is 3.21. The third-order valence-electron chi connectivity index (χ3n) is 5.45. The lowest BCUT2D eigenvalue weighted by atomic mass is 10.1. The highest BCUT2D eigenvalue weighted by Crippen LogP contribution is 2.20. The van der Waals surface area contributed by atoms with Crippen LogP contribution in [0.4, 0.5) is 0 Å². The minimum absolute atomic E-state index is 0.0130. The lowest BCUT2D eigenvalue weighted by Crippen LogP contribution is -2.52. The molecule has 0 spiro atoms. The number of benzene rings is 1. The molecule has 0 aliphatic carbocycles. The number of nitrogens with one attached hydrogen (secondary N) is 1. The first-order valence-electron chi connectivity index (χ1n) is 9.77. The molecule has 1 amide bonds. The summed E-state index contributed by atoms with van der Waals surface area (Å²) in [5.74, 6) is -0.0241. The molecule has 1 aromatic carbocycles. The van der Waals surface area contributed by atoms with Gasteiger partial charge in [0.25, 0.3) is 0 Å². The summed E-state index contributed by atoms with van der Waals surface area (Å²) in [7, 11) is -3.54. The largest absolute Gasteiger partial charge is 0.339 e. The van der Waals surface area contributed by atoms with Crippen LogP contribution in [0.15, 0.2) is 47.6 Å². The van der Waals surface area contributed by atoms with E-state index < -0.39 is 10.0 Å². The second kappa shape index (κ2) is 9.02. The fourth-order valence-electron chi connectivity index (χ4n) is 3.30. The number of rotatable bonds is 6. The molecule has 1 saturated heterocycles. The first kappa shape index (κ1) is 21.4. The Hall–Kier alpha value is -2.29. The predicted octanol–water partition coefficient (Wildman–Crippen LogP) is 1.88. The van der Waals surface area contributed by atoms with Crippen molar-refractivity contribution in [2.24, 2.45) is 0 Å². The summed E-state index contributed by atoms with van der Waals surface area (Å²) in [4.78, 5) is 18.6. The number of aromatic nitrogens is 1. The average Bonchev–Trinajstić information content (AvgIpc) is 2.74. The van der Waals surface area contributed by atoms with Crippen LogP contribution >= 0.6 is 0 Å². The Balaban J connectivity index is 1.54. The van der Waals surface area contributed by atoms with E-state index in [1.54, 1.807) is 29.4 Å². The van der Waals surface area contributed by atoms with Gasteiger partial charge in [-0.25, -0.2) is 8.42 Å². The van der Waals surface area contributed by atoms with Crippen LogP contribution in [0.5, 0.6) is 0 Å². The molecular weight excluding hydrogens is 388 g/mol. The van der Waals surface area contributed by atoms with Gasteiger partial charge in [-0.15, -0.1) is 0 Å². The maximum absolute atomic E-state index is 12.9. The Bertz CT molecular complexity index is 955. The molecule has 29 heavy (non-hydrogen) atoms. The van der Waals surface area contributed by atoms with Gasteiger partial charge in [-0.05, 0) is 55.7 Å². The van der Waals surface area contributed by atoms with Crippen molar-refractivity contribution in [1.82, 2.24) is 19.5 Å². The van der Waals surface area contributed by atoms with Crippen molar-refractivity contribution >= 4 is 15.9 Å². The fraction of sp³-hybridized carbons (Fsp3) is 0.429. The predicted molar refractivity (Wildman–Crippen MR) is 112 cm³/mol. The molecule has 3 rings (SSSR count). The normalized spacial score (nSPS) is 16.6. The number of hydrogen-bond donors (Lipinski definition) is 1. The van der Waals surface area contributed by atoms with E-state index >= 15 is 0 Å². The van der Waals surface area contributed by atoms with Crippen molar-refractivity contribution in [3.63, 3.8) is 0 Å². The van der Waals surface area contributed by atoms with E-state index in [1.807, 2.05) is 39.0 Å². The summed E-state index contributed by atoms with van der Waals surface area (Å²) in [6, 6.07) is 9.04. The number of carbonyl (C=O) groups is 1. The first-order valence-corrected chi connectivity index (χ1v) is 11.2. The van der Waals surface area contributed by atoms with Crippen LogP contribution in [0.2, 0.25) is 0 Å². The molecule has 1 N–H and O–H groups in total. The van der Waals surface area contributed by atoms with Gasteiger partial charge in [0.2, 0.25) is 15.9 Å². The molecule has 1 aliphatic heterocycles. The van der Waals surface area contributed by atoms with Gasteiger partial charge in [-0.1, -0.05) is 12.1 Å². The van der Waals surface area contributed by atoms with E-state index in [0.29, 0.717) is 31.1 Å². The third kappa shape index (κ3) is 5.01. The number of sulfonamides is 1. The second-order valence-electron chi connectivity index (χ2n) is 7.42. The minimum atomic E-state index is -3.54. The van der Waals surface area contributed by atoms with Gasteiger partial charge >= 0.3 is 0 Å². The van der Waals surface area contributed by atoms with E-state index in [9.17, 15) is 13.2 Å². The second-order valence-corrected chi connectivity index (χ2v) is 9.36. The quantitative estimate of drug-likeness (QED) is 0.778. The Kier molecular flexibility index (Phi) is 6.66. The first-order chi connectivity index (χ1) is 13.8. The van der Waals surface area contributed by atoms with Gasteiger partial charge in [0.15, 0.2) is 0 Å². The summed E-state index contributed by atoms with van der Waals surface area (Å²) < 4.78 is 27.3. The van der Waals surface area contributed by atoms with Crippen LogP contribution in [0.3, 0.4) is 0 Å². The van der Waals surface area contributed by atoms with E-state index in [1.165, 1.54) is 4.31 Å². The van der Waals surface area contributed by atoms with Crippen LogP contribution in [-0.2, 0) is 14.8 Å². The molecule has 1 aromatic heterocycles. The number of pyridine rings is 1. The number of amides is 1. The molecule has 7 nitrogen and oxygen atoms in total. The third-order valence-corrected chi connectivity index (χ3v) is 7.35. The van der Waals surface area contributed by atoms with Gasteiger partial charge in [-0.2, -0.15) is 4.31 Å². The zero-order valence-electron chi connectivity index (χ0n) is 17.1. The summed E-state index contributed by atoms with van der Waals surface area (Å²) in [6.45, 7) is 7.46. The SMILES string of the molecule is Cc1ccc(S(=O)(=O)N2CCN(C(=O)CNC(C)c3cccnc3)CC2)cc1C. The molecule has 1 unspecified atom stereocenters. The lowest BCUT2D eigenvalue weighted by Gasteiger charge is -2.34. The van der Waals surface area contributed by atoms with Gasteiger partial charge in [0.1, 0.15) is 0 Å². The fourth-order valence-corrected chi connectivity index (χ4v) is 4.81. The molecule has 0 bridgehead atoms. The minimum Gasteiger partial charge on any atom is -0.339 e. The molecule has 2 aromatic rings. The highest BCUT2D eigenvalue weighted by Gasteiger charge is 2.30. The van der Waals surface area contributed by atoms with Gasteiger partial charge in [0, 0.05) is 44.6 Å². The molecular formula is C21H28N4O3S. The topological polar surface area (TPSA) is 82.6 Å². The van der Waals surface area contributed by atoms with E-state index in [4.69, 9.17) is 0 Å². The molecule has 8 heteroatoms. The molecule has 1 atom stereocenters. The van der Waals surface area contributed by atoms with Crippen LogP contribution in [0, 0.1) is 13.8 Å². The molecule has 0 radical (unpaired) electrons. The van der Waals surface area contributed by atoms with Crippen molar-refractivity contribution in [3.05, 3.63) is 59.4 Å². The highest BCUT2D eigenvalue weighted by atomic mass is 32.2. The monoisotopic (exact) mass is 416 g/mol. The van der Waals surface area contributed by atoms with Crippen LogP contribution in [0.1, 0.15) is 29.7 Å². The van der Waals surface area contributed by atoms with Gasteiger partial charge in [0.05, 0.1) is 11.4 Å². The smallest absolute Gasteiger partial charge is 0.243 e. The number of nitrogens with zero attached hydrogens (tertiary/aromatic N) is 3.